The van der Waals surface area contributed by atoms with E-state index in [1.54, 1.807) is 13.8 Å². The van der Waals surface area contributed by atoms with Gasteiger partial charge in [0.25, 0.3) is 0 Å². The summed E-state index contributed by atoms with van der Waals surface area (Å²) in [6, 6.07) is 2.78. The summed E-state index contributed by atoms with van der Waals surface area (Å²) >= 11 is 0. The predicted octanol–water partition coefficient (Wildman–Crippen LogP) is 1.15. The monoisotopic (exact) mass is 283 g/mol. The Morgan fingerprint density at radius 3 is 2.70 bits per heavy atom. The van der Waals surface area contributed by atoms with Crippen molar-refractivity contribution in [3.05, 3.63) is 29.8 Å². The lowest BCUT2D eigenvalue weighted by atomic mass is 9.97. The molecular weight excluding hydrogens is 261 g/mol. The maximum Gasteiger partial charge on any atom is 0.332 e. The zero-order valence-electron chi connectivity index (χ0n) is 12.4. The third-order valence-electron chi connectivity index (χ3n) is 2.96. The molecule has 0 bridgehead atoms. The quantitative estimate of drug-likeness (QED) is 0.761. The molecule has 0 saturated heterocycles. The summed E-state index contributed by atoms with van der Waals surface area (Å²) in [7, 11) is 3.89. The zero-order valence-corrected chi connectivity index (χ0v) is 12.4. The molecule has 0 amide bonds. The Hall–Kier alpha value is -1.53. The highest BCUT2D eigenvalue weighted by Crippen LogP contribution is 2.20. The SMILES string of the molecule is CCOC(=O)C(C)(NCCN(C)C)c1ccc(F)cn1. The van der Waals surface area contributed by atoms with Gasteiger partial charge in [0.15, 0.2) is 5.54 Å². The molecular formula is C14H22FN3O2. The van der Waals surface area contributed by atoms with Gasteiger partial charge in [0, 0.05) is 13.1 Å². The number of carbonyl (C=O) groups is 1. The molecule has 1 unspecified atom stereocenters. The van der Waals surface area contributed by atoms with Gasteiger partial charge in [-0.1, -0.05) is 0 Å². The summed E-state index contributed by atoms with van der Waals surface area (Å²) in [6.45, 7) is 5.07. The fourth-order valence-corrected chi connectivity index (χ4v) is 1.74. The molecule has 0 aromatic carbocycles. The van der Waals surface area contributed by atoms with Crippen molar-refractivity contribution in [1.82, 2.24) is 15.2 Å². The lowest BCUT2D eigenvalue weighted by molar-refractivity contribution is -0.151. The molecule has 6 heteroatoms. The van der Waals surface area contributed by atoms with Gasteiger partial charge in [0.2, 0.25) is 0 Å². The first-order valence-electron chi connectivity index (χ1n) is 6.59. The first kappa shape index (κ1) is 16.5. The Labute approximate surface area is 119 Å². The minimum atomic E-state index is -1.08. The van der Waals surface area contributed by atoms with Crippen LogP contribution >= 0.6 is 0 Å². The van der Waals surface area contributed by atoms with Crippen molar-refractivity contribution in [2.75, 3.05) is 33.8 Å². The lowest BCUT2D eigenvalue weighted by Gasteiger charge is -2.28. The Bertz CT molecular complexity index is 437. The number of pyridine rings is 1. The normalized spacial score (nSPS) is 14.1. The lowest BCUT2D eigenvalue weighted by Crippen LogP contribution is -2.50. The van der Waals surface area contributed by atoms with Crippen LogP contribution in [0.4, 0.5) is 4.39 Å². The van der Waals surface area contributed by atoms with Gasteiger partial charge in [-0.15, -0.1) is 0 Å². The van der Waals surface area contributed by atoms with Gasteiger partial charge in [-0.3, -0.25) is 10.3 Å². The average molecular weight is 283 g/mol. The Balaban J connectivity index is 2.93. The van der Waals surface area contributed by atoms with E-state index >= 15 is 0 Å². The van der Waals surface area contributed by atoms with Gasteiger partial charge in [-0.05, 0) is 40.1 Å². The second kappa shape index (κ2) is 7.31. The fourth-order valence-electron chi connectivity index (χ4n) is 1.74. The number of likely N-dealkylation sites (N-methyl/N-ethyl adjacent to an activating group) is 1. The molecule has 0 fully saturated rings. The van der Waals surface area contributed by atoms with Crippen molar-refractivity contribution in [3.8, 4) is 0 Å². The van der Waals surface area contributed by atoms with Crippen LogP contribution in [0, 0.1) is 5.82 Å². The molecule has 20 heavy (non-hydrogen) atoms. The number of carbonyl (C=O) groups excluding carboxylic acids is 1. The second-order valence-corrected chi connectivity index (χ2v) is 4.94. The molecule has 0 radical (unpaired) electrons. The predicted molar refractivity (Wildman–Crippen MR) is 74.7 cm³/mol. The summed E-state index contributed by atoms with van der Waals surface area (Å²) in [6.07, 6.45) is 1.10. The molecule has 0 saturated carbocycles. The number of ether oxygens (including phenoxy) is 1. The molecule has 1 aromatic rings. The minimum Gasteiger partial charge on any atom is -0.464 e. The van der Waals surface area contributed by atoms with Gasteiger partial charge < -0.3 is 9.64 Å². The van der Waals surface area contributed by atoms with Gasteiger partial charge >= 0.3 is 5.97 Å². The Morgan fingerprint density at radius 2 is 2.20 bits per heavy atom. The molecule has 112 valence electrons. The molecule has 0 spiro atoms. The average Bonchev–Trinajstić information content (AvgIpc) is 2.39. The Morgan fingerprint density at radius 1 is 1.50 bits per heavy atom. The summed E-state index contributed by atoms with van der Waals surface area (Å²) < 4.78 is 18.1. The van der Waals surface area contributed by atoms with Crippen LogP contribution in [0.3, 0.4) is 0 Å². The largest absolute Gasteiger partial charge is 0.464 e. The molecule has 0 aliphatic rings. The van der Waals surface area contributed by atoms with Crippen LogP contribution < -0.4 is 5.32 Å². The zero-order chi connectivity index (χ0) is 15.2. The Kier molecular flexibility index (Phi) is 6.04. The minimum absolute atomic E-state index is 0.283. The number of nitrogens with one attached hydrogen (secondary N) is 1. The van der Waals surface area contributed by atoms with Gasteiger partial charge in [0.05, 0.1) is 18.5 Å². The highest BCUT2D eigenvalue weighted by atomic mass is 19.1. The first-order valence-corrected chi connectivity index (χ1v) is 6.59. The van der Waals surface area contributed by atoms with E-state index in [0.29, 0.717) is 12.2 Å². The summed E-state index contributed by atoms with van der Waals surface area (Å²) in [4.78, 5) is 18.2. The van der Waals surface area contributed by atoms with E-state index < -0.39 is 17.3 Å². The third-order valence-corrected chi connectivity index (χ3v) is 2.96. The fraction of sp³-hybridized carbons (Fsp3) is 0.571. The number of halogens is 1. The van der Waals surface area contributed by atoms with Gasteiger partial charge in [-0.2, -0.15) is 0 Å². The van der Waals surface area contributed by atoms with Crippen molar-refractivity contribution in [1.29, 1.82) is 0 Å². The van der Waals surface area contributed by atoms with E-state index in [4.69, 9.17) is 4.74 Å². The highest BCUT2D eigenvalue weighted by Gasteiger charge is 2.37. The molecule has 0 aliphatic heterocycles. The van der Waals surface area contributed by atoms with Crippen LogP contribution in [-0.4, -0.2) is 49.6 Å². The van der Waals surface area contributed by atoms with Crippen LogP contribution in [0.25, 0.3) is 0 Å². The van der Waals surface area contributed by atoms with Crippen LogP contribution in [-0.2, 0) is 15.1 Å². The molecule has 0 aliphatic carbocycles. The van der Waals surface area contributed by atoms with Gasteiger partial charge in [0.1, 0.15) is 5.82 Å². The molecule has 5 nitrogen and oxygen atoms in total. The molecule has 1 rings (SSSR count). The van der Waals surface area contributed by atoms with Crippen LogP contribution in [0.1, 0.15) is 19.5 Å². The van der Waals surface area contributed by atoms with E-state index in [0.717, 1.165) is 12.7 Å². The van der Waals surface area contributed by atoms with Crippen molar-refractivity contribution in [2.45, 2.75) is 19.4 Å². The number of hydrogen-bond donors (Lipinski definition) is 1. The van der Waals surface area contributed by atoms with E-state index in [9.17, 15) is 9.18 Å². The van der Waals surface area contributed by atoms with Crippen molar-refractivity contribution in [2.24, 2.45) is 0 Å². The highest BCUT2D eigenvalue weighted by molar-refractivity contribution is 5.81. The topological polar surface area (TPSA) is 54.5 Å². The smallest absolute Gasteiger partial charge is 0.332 e. The molecule has 1 atom stereocenters. The van der Waals surface area contributed by atoms with E-state index in [2.05, 4.69) is 10.3 Å². The van der Waals surface area contributed by atoms with Crippen molar-refractivity contribution < 1.29 is 13.9 Å². The number of hydrogen-bond acceptors (Lipinski definition) is 5. The third kappa shape index (κ3) is 4.25. The van der Waals surface area contributed by atoms with Crippen molar-refractivity contribution >= 4 is 5.97 Å². The van der Waals surface area contributed by atoms with Crippen LogP contribution in [0.15, 0.2) is 18.3 Å². The maximum absolute atomic E-state index is 13.0. The van der Waals surface area contributed by atoms with Crippen molar-refractivity contribution in [3.63, 3.8) is 0 Å². The summed E-state index contributed by atoms with van der Waals surface area (Å²) in [5, 5.41) is 3.15. The van der Waals surface area contributed by atoms with Crippen LogP contribution in [0.5, 0.6) is 0 Å². The van der Waals surface area contributed by atoms with E-state index in [1.807, 2.05) is 19.0 Å². The number of aromatic nitrogens is 1. The number of nitrogens with zero attached hydrogens (tertiary/aromatic N) is 2. The summed E-state index contributed by atoms with van der Waals surface area (Å²) in [5.41, 5.74) is -0.643. The first-order chi connectivity index (χ1) is 9.40. The summed E-state index contributed by atoms with van der Waals surface area (Å²) in [5.74, 6) is -0.855. The van der Waals surface area contributed by atoms with E-state index in [1.165, 1.54) is 12.1 Å². The maximum atomic E-state index is 13.0. The number of rotatable bonds is 7. The van der Waals surface area contributed by atoms with Crippen LogP contribution in [0.2, 0.25) is 0 Å². The standard InChI is InChI=1S/C14H22FN3O2/c1-5-20-13(19)14(2,17-8-9-18(3)4)12-7-6-11(15)10-16-12/h6-7,10,17H,5,8-9H2,1-4H3. The van der Waals surface area contributed by atoms with Gasteiger partial charge in [-0.25, -0.2) is 9.18 Å². The second-order valence-electron chi connectivity index (χ2n) is 4.94. The molecule has 1 aromatic heterocycles. The number of esters is 1. The van der Waals surface area contributed by atoms with E-state index in [-0.39, 0.29) is 6.61 Å². The molecule has 1 heterocycles. The molecule has 1 N–H and O–H groups in total.